The smallest absolute Gasteiger partial charge is 0.265 e. The molecule has 6 heteroatoms. The van der Waals surface area contributed by atoms with Gasteiger partial charge in [0.25, 0.3) is 10.0 Å². The third kappa shape index (κ3) is 2.96. The van der Waals surface area contributed by atoms with Crippen LogP contribution in [0.4, 0.5) is 5.69 Å². The summed E-state index contributed by atoms with van der Waals surface area (Å²) in [7, 11) is -0.383. The number of nitrogens with zero attached hydrogens (tertiary/aromatic N) is 2. The highest BCUT2D eigenvalue weighted by Gasteiger charge is 2.23. The van der Waals surface area contributed by atoms with Crippen LogP contribution in [0.2, 0.25) is 0 Å². The molecule has 1 aromatic carbocycles. The van der Waals surface area contributed by atoms with Crippen LogP contribution in [0.3, 0.4) is 0 Å². The van der Waals surface area contributed by atoms with Crippen molar-refractivity contribution >= 4 is 15.7 Å². The van der Waals surface area contributed by atoms with E-state index in [1.54, 1.807) is 23.7 Å². The maximum absolute atomic E-state index is 12.6. The van der Waals surface area contributed by atoms with Crippen LogP contribution >= 0.6 is 0 Å². The van der Waals surface area contributed by atoms with E-state index in [2.05, 4.69) is 6.92 Å². The number of anilines is 1. The Morgan fingerprint density at radius 1 is 1.24 bits per heavy atom. The van der Waals surface area contributed by atoms with Crippen LogP contribution in [0.1, 0.15) is 18.2 Å². The predicted molar refractivity (Wildman–Crippen MR) is 82.7 cm³/mol. The molecular weight excluding hydrogens is 288 g/mol. The van der Waals surface area contributed by atoms with E-state index >= 15 is 0 Å². The zero-order valence-electron chi connectivity index (χ0n) is 12.4. The largest absolute Gasteiger partial charge is 0.390 e. The second-order valence-corrected chi connectivity index (χ2v) is 6.90. The van der Waals surface area contributed by atoms with Crippen LogP contribution in [-0.2, 0) is 30.1 Å². The second-order valence-electron chi connectivity index (χ2n) is 4.93. The number of hydrogen-bond donors (Lipinski definition) is 1. The Labute approximate surface area is 125 Å². The number of aliphatic hydroxyl groups is 1. The first-order valence-electron chi connectivity index (χ1n) is 6.74. The lowest BCUT2D eigenvalue weighted by Crippen LogP contribution is -2.26. The van der Waals surface area contributed by atoms with Crippen molar-refractivity contribution in [3.8, 4) is 0 Å². The number of hydrogen-bond acceptors (Lipinski definition) is 3. The van der Waals surface area contributed by atoms with Crippen molar-refractivity contribution < 1.29 is 13.5 Å². The van der Waals surface area contributed by atoms with Gasteiger partial charge < -0.3 is 9.67 Å². The molecule has 1 aromatic heterocycles. The molecule has 2 rings (SSSR count). The summed E-state index contributed by atoms with van der Waals surface area (Å²) in [4.78, 5) is 0.177. The standard InChI is InChI=1S/C15H20N2O3S/c1-4-12-5-7-13(8-6-12)17(3)21(19,20)15-9-14(11-18)16(2)10-15/h5-10,18H,4,11H2,1-3H3. The minimum atomic E-state index is -3.62. The molecule has 0 saturated heterocycles. The Balaban J connectivity index is 2.36. The van der Waals surface area contributed by atoms with E-state index in [1.807, 2.05) is 12.1 Å². The lowest BCUT2D eigenvalue weighted by atomic mass is 10.1. The van der Waals surface area contributed by atoms with E-state index in [-0.39, 0.29) is 11.5 Å². The summed E-state index contributed by atoms with van der Waals surface area (Å²) in [6.45, 7) is 1.86. The van der Waals surface area contributed by atoms with Crippen molar-refractivity contribution in [1.29, 1.82) is 0 Å². The van der Waals surface area contributed by atoms with E-state index in [4.69, 9.17) is 0 Å². The summed E-state index contributed by atoms with van der Waals surface area (Å²) >= 11 is 0. The number of aryl methyl sites for hydroxylation is 2. The first-order valence-corrected chi connectivity index (χ1v) is 8.18. The van der Waals surface area contributed by atoms with Crippen LogP contribution in [0.5, 0.6) is 0 Å². The lowest BCUT2D eigenvalue weighted by molar-refractivity contribution is 0.272. The summed E-state index contributed by atoms with van der Waals surface area (Å²) < 4.78 is 28.1. The first-order chi connectivity index (χ1) is 9.90. The van der Waals surface area contributed by atoms with Gasteiger partial charge in [-0.1, -0.05) is 19.1 Å². The molecular formula is C15H20N2O3S. The molecule has 5 nitrogen and oxygen atoms in total. The van der Waals surface area contributed by atoms with Crippen molar-refractivity contribution in [3.05, 3.63) is 47.8 Å². The highest BCUT2D eigenvalue weighted by molar-refractivity contribution is 7.92. The highest BCUT2D eigenvalue weighted by Crippen LogP contribution is 2.23. The molecule has 1 N–H and O–H groups in total. The Morgan fingerprint density at radius 2 is 1.86 bits per heavy atom. The fourth-order valence-electron chi connectivity index (χ4n) is 2.11. The van der Waals surface area contributed by atoms with Crippen molar-refractivity contribution in [2.45, 2.75) is 24.8 Å². The van der Waals surface area contributed by atoms with Crippen molar-refractivity contribution in [1.82, 2.24) is 4.57 Å². The zero-order valence-corrected chi connectivity index (χ0v) is 13.3. The minimum absolute atomic E-state index is 0.177. The topological polar surface area (TPSA) is 62.5 Å². The van der Waals surface area contributed by atoms with Gasteiger partial charge in [-0.15, -0.1) is 0 Å². The van der Waals surface area contributed by atoms with Gasteiger partial charge in [0.1, 0.15) is 4.90 Å². The molecule has 0 atom stereocenters. The summed E-state index contributed by atoms with van der Waals surface area (Å²) in [5.74, 6) is 0. The van der Waals surface area contributed by atoms with E-state index in [0.717, 1.165) is 12.0 Å². The van der Waals surface area contributed by atoms with Gasteiger partial charge in [-0.05, 0) is 30.2 Å². The number of benzene rings is 1. The maximum atomic E-state index is 12.6. The van der Waals surface area contributed by atoms with Gasteiger partial charge in [0.05, 0.1) is 12.3 Å². The third-order valence-corrected chi connectivity index (χ3v) is 5.36. The monoisotopic (exact) mass is 308 g/mol. The SMILES string of the molecule is CCc1ccc(N(C)S(=O)(=O)c2cc(CO)n(C)c2)cc1. The molecule has 0 aliphatic heterocycles. The molecule has 0 spiro atoms. The van der Waals surface area contributed by atoms with Gasteiger partial charge in [-0.2, -0.15) is 0 Å². The molecule has 0 saturated carbocycles. The second kappa shape index (κ2) is 5.91. The lowest BCUT2D eigenvalue weighted by Gasteiger charge is -2.19. The van der Waals surface area contributed by atoms with Gasteiger partial charge in [0.2, 0.25) is 0 Å². The summed E-state index contributed by atoms with van der Waals surface area (Å²) in [5, 5.41) is 9.18. The molecule has 0 radical (unpaired) electrons. The first kappa shape index (κ1) is 15.6. The van der Waals surface area contributed by atoms with Gasteiger partial charge in [-0.3, -0.25) is 4.31 Å². The number of aromatic nitrogens is 1. The van der Waals surface area contributed by atoms with Crippen molar-refractivity contribution in [2.75, 3.05) is 11.4 Å². The summed E-state index contributed by atoms with van der Waals surface area (Å²) in [6.07, 6.45) is 2.42. The highest BCUT2D eigenvalue weighted by atomic mass is 32.2. The molecule has 0 aliphatic carbocycles. The molecule has 0 bridgehead atoms. The normalized spacial score (nSPS) is 11.6. The Hall–Kier alpha value is -1.79. The van der Waals surface area contributed by atoms with Crippen LogP contribution in [0.25, 0.3) is 0 Å². The molecule has 0 aliphatic rings. The zero-order chi connectivity index (χ0) is 15.6. The number of sulfonamides is 1. The average molecular weight is 308 g/mol. The van der Waals surface area contributed by atoms with Crippen molar-refractivity contribution in [2.24, 2.45) is 7.05 Å². The molecule has 2 aromatic rings. The Morgan fingerprint density at radius 3 is 2.33 bits per heavy atom. The van der Waals surface area contributed by atoms with E-state index < -0.39 is 10.0 Å². The van der Waals surface area contributed by atoms with Gasteiger partial charge >= 0.3 is 0 Å². The quantitative estimate of drug-likeness (QED) is 0.917. The van der Waals surface area contributed by atoms with E-state index in [0.29, 0.717) is 11.4 Å². The van der Waals surface area contributed by atoms with Gasteiger partial charge in [-0.25, -0.2) is 8.42 Å². The molecule has 114 valence electrons. The minimum Gasteiger partial charge on any atom is -0.390 e. The van der Waals surface area contributed by atoms with Crippen LogP contribution in [0, 0.1) is 0 Å². The molecule has 0 amide bonds. The molecule has 0 fully saturated rings. The average Bonchev–Trinajstić information content (AvgIpc) is 2.88. The summed E-state index contributed by atoms with van der Waals surface area (Å²) in [5.41, 5.74) is 2.33. The maximum Gasteiger partial charge on any atom is 0.265 e. The van der Waals surface area contributed by atoms with Gasteiger partial charge in [0.15, 0.2) is 0 Å². The fraction of sp³-hybridized carbons (Fsp3) is 0.333. The van der Waals surface area contributed by atoms with Crippen LogP contribution < -0.4 is 4.31 Å². The Bertz CT molecular complexity index is 718. The number of aliphatic hydroxyl groups excluding tert-OH is 1. The molecule has 21 heavy (non-hydrogen) atoms. The van der Waals surface area contributed by atoms with Gasteiger partial charge in [0, 0.05) is 26.0 Å². The van der Waals surface area contributed by atoms with Crippen molar-refractivity contribution in [3.63, 3.8) is 0 Å². The third-order valence-electron chi connectivity index (χ3n) is 3.61. The summed E-state index contributed by atoms with van der Waals surface area (Å²) in [6, 6.07) is 8.93. The molecule has 1 heterocycles. The predicted octanol–water partition coefficient (Wildman–Crippen LogP) is 1.90. The van der Waals surface area contributed by atoms with E-state index in [1.165, 1.54) is 23.6 Å². The Kier molecular flexibility index (Phi) is 4.39. The van der Waals surface area contributed by atoms with Crippen LogP contribution in [-0.4, -0.2) is 25.1 Å². The van der Waals surface area contributed by atoms with Crippen LogP contribution in [0.15, 0.2) is 41.4 Å². The van der Waals surface area contributed by atoms with E-state index in [9.17, 15) is 13.5 Å². The number of rotatable bonds is 5. The molecule has 0 unspecified atom stereocenters. The fourth-order valence-corrected chi connectivity index (χ4v) is 3.41.